The quantitative estimate of drug-likeness (QED) is 0.700. The summed E-state index contributed by atoms with van der Waals surface area (Å²) in [7, 11) is 0. The van der Waals surface area contributed by atoms with Gasteiger partial charge in [0, 0.05) is 30.9 Å². The van der Waals surface area contributed by atoms with Crippen LogP contribution in [0.1, 0.15) is 29.3 Å². The van der Waals surface area contributed by atoms with E-state index in [-0.39, 0.29) is 11.8 Å². The number of aromatic nitrogens is 1. The molecule has 2 N–H and O–H groups in total. The first-order valence-electron chi connectivity index (χ1n) is 8.20. The molecule has 0 unspecified atom stereocenters. The summed E-state index contributed by atoms with van der Waals surface area (Å²) in [5.74, 6) is 0.207. The predicted octanol–water partition coefficient (Wildman–Crippen LogP) is 3.62. The molecule has 0 spiro atoms. The molecule has 26 heavy (non-hydrogen) atoms. The van der Waals surface area contributed by atoms with E-state index in [4.69, 9.17) is 4.74 Å². The maximum atomic E-state index is 12.5. The molecule has 0 aliphatic heterocycles. The molecule has 1 aromatic carbocycles. The fourth-order valence-corrected chi connectivity index (χ4v) is 2.07. The zero-order chi connectivity index (χ0) is 19.0. The summed E-state index contributed by atoms with van der Waals surface area (Å²) in [6.07, 6.45) is -2.69. The molecular weight excluding hydrogens is 347 g/mol. The summed E-state index contributed by atoms with van der Waals surface area (Å²) in [4.78, 5) is 15.6. The number of carbonyl (C=O) groups is 1. The van der Waals surface area contributed by atoms with Crippen molar-refractivity contribution in [2.75, 3.05) is 19.6 Å². The van der Waals surface area contributed by atoms with E-state index in [1.165, 1.54) is 0 Å². The van der Waals surface area contributed by atoms with Gasteiger partial charge in [-0.1, -0.05) is 6.92 Å². The van der Waals surface area contributed by atoms with Crippen LogP contribution in [-0.2, 0) is 6.18 Å². The van der Waals surface area contributed by atoms with Gasteiger partial charge >= 0.3 is 6.18 Å². The molecule has 8 heteroatoms. The number of hydrogen-bond acceptors (Lipinski definition) is 4. The van der Waals surface area contributed by atoms with Gasteiger partial charge in [0.1, 0.15) is 5.75 Å². The van der Waals surface area contributed by atoms with Crippen LogP contribution >= 0.6 is 0 Å². The first-order chi connectivity index (χ1) is 12.4. The summed E-state index contributed by atoms with van der Waals surface area (Å²) in [6, 6.07) is 8.32. The van der Waals surface area contributed by atoms with Gasteiger partial charge in [-0.3, -0.25) is 4.79 Å². The van der Waals surface area contributed by atoms with Gasteiger partial charge in [-0.15, -0.1) is 0 Å². The molecule has 5 nitrogen and oxygen atoms in total. The lowest BCUT2D eigenvalue weighted by Gasteiger charge is -2.09. The highest BCUT2D eigenvalue weighted by Crippen LogP contribution is 2.30. The molecule has 2 aromatic rings. The zero-order valence-corrected chi connectivity index (χ0v) is 14.3. The van der Waals surface area contributed by atoms with Crippen LogP contribution < -0.4 is 15.4 Å². The maximum Gasteiger partial charge on any atom is 0.417 e. The smallest absolute Gasteiger partial charge is 0.417 e. The predicted molar refractivity (Wildman–Crippen MR) is 91.2 cm³/mol. The van der Waals surface area contributed by atoms with E-state index >= 15 is 0 Å². The van der Waals surface area contributed by atoms with Crippen LogP contribution in [0.15, 0.2) is 42.6 Å². The van der Waals surface area contributed by atoms with Crippen LogP contribution in [0.4, 0.5) is 13.2 Å². The third-order valence-corrected chi connectivity index (χ3v) is 3.42. The highest BCUT2D eigenvalue weighted by Gasteiger charge is 2.30. The highest BCUT2D eigenvalue weighted by atomic mass is 19.4. The van der Waals surface area contributed by atoms with Crippen LogP contribution in [0.2, 0.25) is 0 Å². The molecule has 140 valence electrons. The molecule has 1 aromatic heterocycles. The molecular formula is C18H20F3N3O2. The van der Waals surface area contributed by atoms with E-state index in [0.717, 1.165) is 25.1 Å². The molecule has 2 rings (SSSR count). The van der Waals surface area contributed by atoms with Crippen molar-refractivity contribution in [2.24, 2.45) is 0 Å². The summed E-state index contributed by atoms with van der Waals surface area (Å²) in [5, 5.41) is 5.97. The van der Waals surface area contributed by atoms with Crippen LogP contribution in [0, 0.1) is 0 Å². The van der Waals surface area contributed by atoms with E-state index < -0.39 is 11.7 Å². The Morgan fingerprint density at radius 3 is 2.38 bits per heavy atom. The third kappa shape index (κ3) is 6.03. The molecule has 0 saturated heterocycles. The second kappa shape index (κ2) is 9.19. The normalized spacial score (nSPS) is 11.2. The Morgan fingerprint density at radius 2 is 1.81 bits per heavy atom. The SMILES string of the molecule is CCCNCCNC(=O)c1ccc(Oc2ccc(C(F)(F)F)cn2)cc1. The average Bonchev–Trinajstić information content (AvgIpc) is 2.62. The fraction of sp³-hybridized carbons (Fsp3) is 0.333. The van der Waals surface area contributed by atoms with Crippen molar-refractivity contribution in [1.82, 2.24) is 15.6 Å². The second-order valence-electron chi connectivity index (χ2n) is 5.52. The van der Waals surface area contributed by atoms with Gasteiger partial charge in [0.25, 0.3) is 5.91 Å². The van der Waals surface area contributed by atoms with E-state index in [1.807, 2.05) is 0 Å². The van der Waals surface area contributed by atoms with Crippen molar-refractivity contribution in [3.05, 3.63) is 53.7 Å². The first kappa shape index (κ1) is 19.7. The molecule has 0 saturated carbocycles. The van der Waals surface area contributed by atoms with Crippen molar-refractivity contribution >= 4 is 5.91 Å². The Morgan fingerprint density at radius 1 is 1.08 bits per heavy atom. The topological polar surface area (TPSA) is 63.2 Å². The lowest BCUT2D eigenvalue weighted by molar-refractivity contribution is -0.137. The minimum atomic E-state index is -4.44. The van der Waals surface area contributed by atoms with Gasteiger partial charge in [-0.2, -0.15) is 13.2 Å². The lowest BCUT2D eigenvalue weighted by atomic mass is 10.2. The van der Waals surface area contributed by atoms with Crippen molar-refractivity contribution in [3.63, 3.8) is 0 Å². The number of amides is 1. The number of halogens is 3. The summed E-state index contributed by atoms with van der Waals surface area (Å²) in [6.45, 7) is 4.18. The summed E-state index contributed by atoms with van der Waals surface area (Å²) < 4.78 is 42.9. The number of benzene rings is 1. The Hall–Kier alpha value is -2.61. The maximum absolute atomic E-state index is 12.5. The van der Waals surface area contributed by atoms with Crippen molar-refractivity contribution in [3.8, 4) is 11.6 Å². The van der Waals surface area contributed by atoms with E-state index in [1.54, 1.807) is 24.3 Å². The van der Waals surface area contributed by atoms with Crippen molar-refractivity contribution in [1.29, 1.82) is 0 Å². The molecule has 0 bridgehead atoms. The number of nitrogens with zero attached hydrogens (tertiary/aromatic N) is 1. The lowest BCUT2D eigenvalue weighted by Crippen LogP contribution is -2.32. The summed E-state index contributed by atoms with van der Waals surface area (Å²) in [5.41, 5.74) is -0.376. The molecule has 0 aliphatic carbocycles. The van der Waals surface area contributed by atoms with Crippen LogP contribution in [0.5, 0.6) is 11.6 Å². The van der Waals surface area contributed by atoms with Crippen LogP contribution in [0.25, 0.3) is 0 Å². The van der Waals surface area contributed by atoms with Crippen molar-refractivity contribution < 1.29 is 22.7 Å². The average molecular weight is 367 g/mol. The highest BCUT2D eigenvalue weighted by molar-refractivity contribution is 5.94. The Labute approximate surface area is 149 Å². The molecule has 0 aliphatic rings. The third-order valence-electron chi connectivity index (χ3n) is 3.42. The summed E-state index contributed by atoms with van der Waals surface area (Å²) >= 11 is 0. The Kier molecular flexibility index (Phi) is 6.97. The minimum Gasteiger partial charge on any atom is -0.439 e. The molecule has 1 heterocycles. The number of nitrogens with one attached hydrogen (secondary N) is 2. The van der Waals surface area contributed by atoms with Crippen LogP contribution in [-0.4, -0.2) is 30.5 Å². The number of alkyl halides is 3. The largest absolute Gasteiger partial charge is 0.439 e. The van der Waals surface area contributed by atoms with Gasteiger partial charge in [0.2, 0.25) is 5.88 Å². The Bertz CT molecular complexity index is 701. The zero-order valence-electron chi connectivity index (χ0n) is 14.3. The number of carbonyl (C=O) groups excluding carboxylic acids is 1. The number of rotatable bonds is 8. The number of pyridine rings is 1. The molecule has 0 radical (unpaired) electrons. The second-order valence-corrected chi connectivity index (χ2v) is 5.52. The first-order valence-corrected chi connectivity index (χ1v) is 8.20. The Balaban J connectivity index is 1.88. The van der Waals surface area contributed by atoms with E-state index in [0.29, 0.717) is 30.6 Å². The molecule has 1 amide bonds. The standard InChI is InChI=1S/C18H20F3N3O2/c1-2-9-22-10-11-23-17(25)13-3-6-15(7-4-13)26-16-8-5-14(12-24-16)18(19,20)21/h3-8,12,22H,2,9-11H2,1H3,(H,23,25). The van der Waals surface area contributed by atoms with Gasteiger partial charge in [0.15, 0.2) is 0 Å². The van der Waals surface area contributed by atoms with Gasteiger partial charge in [-0.25, -0.2) is 4.98 Å². The van der Waals surface area contributed by atoms with Gasteiger partial charge < -0.3 is 15.4 Å². The number of hydrogen-bond donors (Lipinski definition) is 2. The van der Waals surface area contributed by atoms with Gasteiger partial charge in [-0.05, 0) is 43.3 Å². The molecule has 0 fully saturated rings. The van der Waals surface area contributed by atoms with Gasteiger partial charge in [0.05, 0.1) is 5.56 Å². The van der Waals surface area contributed by atoms with E-state index in [2.05, 4.69) is 22.5 Å². The minimum absolute atomic E-state index is 0.0391. The van der Waals surface area contributed by atoms with E-state index in [9.17, 15) is 18.0 Å². The molecule has 0 atom stereocenters. The van der Waals surface area contributed by atoms with Crippen molar-refractivity contribution in [2.45, 2.75) is 19.5 Å². The monoisotopic (exact) mass is 367 g/mol. The van der Waals surface area contributed by atoms with Crippen LogP contribution in [0.3, 0.4) is 0 Å². The fourth-order valence-electron chi connectivity index (χ4n) is 2.07. The number of ether oxygens (including phenoxy) is 1.